The maximum Gasteiger partial charge on any atom is 0.220 e. The summed E-state index contributed by atoms with van der Waals surface area (Å²) >= 11 is 0. The molecule has 1 aromatic heterocycles. The summed E-state index contributed by atoms with van der Waals surface area (Å²) in [6, 6.07) is 3.98. The SMILES string of the molecule is COc1ccc(C(=O)CCC(=O)NCc2c(C)noc2C)cc1F. The Morgan fingerprint density at radius 2 is 2.04 bits per heavy atom. The summed E-state index contributed by atoms with van der Waals surface area (Å²) in [4.78, 5) is 23.9. The van der Waals surface area contributed by atoms with Gasteiger partial charge in [-0.1, -0.05) is 5.16 Å². The van der Waals surface area contributed by atoms with Crippen molar-refractivity contribution in [1.82, 2.24) is 10.5 Å². The Labute approximate surface area is 139 Å². The smallest absolute Gasteiger partial charge is 0.220 e. The molecular formula is C17H19FN2O4. The monoisotopic (exact) mass is 334 g/mol. The molecule has 1 heterocycles. The zero-order chi connectivity index (χ0) is 17.7. The molecule has 24 heavy (non-hydrogen) atoms. The molecule has 0 bridgehead atoms. The van der Waals surface area contributed by atoms with Gasteiger partial charge in [-0.15, -0.1) is 0 Å². The summed E-state index contributed by atoms with van der Waals surface area (Å²) in [7, 11) is 1.35. The van der Waals surface area contributed by atoms with Crippen LogP contribution in [0.15, 0.2) is 22.7 Å². The lowest BCUT2D eigenvalue weighted by Gasteiger charge is -2.06. The van der Waals surface area contributed by atoms with Crippen molar-refractivity contribution in [3.63, 3.8) is 0 Å². The lowest BCUT2D eigenvalue weighted by Crippen LogP contribution is -2.23. The summed E-state index contributed by atoms with van der Waals surface area (Å²) in [6.07, 6.45) is 0.0229. The quantitative estimate of drug-likeness (QED) is 0.787. The fraction of sp³-hybridized carbons (Fsp3) is 0.353. The summed E-state index contributed by atoms with van der Waals surface area (Å²) in [6.45, 7) is 3.86. The van der Waals surface area contributed by atoms with E-state index >= 15 is 0 Å². The van der Waals surface area contributed by atoms with Crippen molar-refractivity contribution in [1.29, 1.82) is 0 Å². The Kier molecular flexibility index (Phi) is 5.68. The van der Waals surface area contributed by atoms with Crippen LogP contribution >= 0.6 is 0 Å². The second-order valence-corrected chi connectivity index (χ2v) is 5.35. The number of aryl methyl sites for hydroxylation is 2. The summed E-state index contributed by atoms with van der Waals surface area (Å²) in [5.41, 5.74) is 1.76. The molecule has 0 spiro atoms. The summed E-state index contributed by atoms with van der Waals surface area (Å²) < 4.78 is 23.4. The van der Waals surface area contributed by atoms with Crippen LogP contribution in [0.1, 0.15) is 40.2 Å². The average molecular weight is 334 g/mol. The van der Waals surface area contributed by atoms with Gasteiger partial charge >= 0.3 is 0 Å². The Balaban J connectivity index is 1.85. The van der Waals surface area contributed by atoms with E-state index in [2.05, 4.69) is 10.5 Å². The lowest BCUT2D eigenvalue weighted by atomic mass is 10.1. The fourth-order valence-corrected chi connectivity index (χ4v) is 2.24. The number of nitrogens with one attached hydrogen (secondary N) is 1. The van der Waals surface area contributed by atoms with E-state index in [0.717, 1.165) is 17.3 Å². The number of hydrogen-bond donors (Lipinski definition) is 1. The number of aromatic nitrogens is 1. The Morgan fingerprint density at radius 1 is 1.29 bits per heavy atom. The minimum absolute atomic E-state index is 0.000790. The van der Waals surface area contributed by atoms with Gasteiger partial charge in [-0.25, -0.2) is 4.39 Å². The maximum atomic E-state index is 13.6. The van der Waals surface area contributed by atoms with E-state index < -0.39 is 5.82 Å². The normalized spacial score (nSPS) is 10.5. The molecule has 0 unspecified atom stereocenters. The van der Waals surface area contributed by atoms with Crippen LogP contribution in [0.25, 0.3) is 0 Å². The molecule has 0 radical (unpaired) electrons. The molecule has 0 saturated carbocycles. The number of ether oxygens (including phenoxy) is 1. The third-order valence-electron chi connectivity index (χ3n) is 3.70. The van der Waals surface area contributed by atoms with Crippen LogP contribution in [0.4, 0.5) is 4.39 Å². The van der Waals surface area contributed by atoms with Gasteiger partial charge in [0.05, 0.1) is 12.8 Å². The molecular weight excluding hydrogens is 315 g/mol. The number of nitrogens with zero attached hydrogens (tertiary/aromatic N) is 1. The van der Waals surface area contributed by atoms with E-state index in [1.54, 1.807) is 13.8 Å². The highest BCUT2D eigenvalue weighted by atomic mass is 19.1. The van der Waals surface area contributed by atoms with Gasteiger partial charge in [0.1, 0.15) is 5.76 Å². The van der Waals surface area contributed by atoms with E-state index in [-0.39, 0.29) is 35.8 Å². The van der Waals surface area contributed by atoms with E-state index in [4.69, 9.17) is 9.26 Å². The number of methoxy groups -OCH3 is 1. The predicted molar refractivity (Wildman–Crippen MR) is 84.3 cm³/mol. The fourth-order valence-electron chi connectivity index (χ4n) is 2.24. The zero-order valence-corrected chi connectivity index (χ0v) is 13.8. The molecule has 6 nitrogen and oxygen atoms in total. The number of ketones is 1. The molecule has 0 fully saturated rings. The van der Waals surface area contributed by atoms with Crippen molar-refractivity contribution in [2.75, 3.05) is 7.11 Å². The van der Waals surface area contributed by atoms with Crippen LogP contribution in [0, 0.1) is 19.7 Å². The summed E-state index contributed by atoms with van der Waals surface area (Å²) in [5.74, 6) is -0.450. The van der Waals surface area contributed by atoms with Crippen molar-refractivity contribution in [2.45, 2.75) is 33.2 Å². The van der Waals surface area contributed by atoms with Gasteiger partial charge in [-0.3, -0.25) is 9.59 Å². The molecule has 0 saturated heterocycles. The highest BCUT2D eigenvalue weighted by Crippen LogP contribution is 2.19. The highest BCUT2D eigenvalue weighted by Gasteiger charge is 2.14. The first-order chi connectivity index (χ1) is 11.4. The lowest BCUT2D eigenvalue weighted by molar-refractivity contribution is -0.121. The number of Topliss-reactive ketones (excluding diaryl/α,β-unsaturated/α-hetero) is 1. The molecule has 2 rings (SSSR count). The Bertz CT molecular complexity index is 736. The number of carbonyl (C=O) groups excluding carboxylic acids is 2. The van der Waals surface area contributed by atoms with Crippen molar-refractivity contribution < 1.29 is 23.2 Å². The number of amides is 1. The molecule has 0 aliphatic carbocycles. The Morgan fingerprint density at radius 3 is 2.62 bits per heavy atom. The van der Waals surface area contributed by atoms with Gasteiger partial charge < -0.3 is 14.6 Å². The predicted octanol–water partition coefficient (Wildman–Crippen LogP) is 2.72. The first-order valence-corrected chi connectivity index (χ1v) is 7.47. The molecule has 1 N–H and O–H groups in total. The second kappa shape index (κ2) is 7.72. The Hall–Kier alpha value is -2.70. The molecule has 0 aliphatic heterocycles. The second-order valence-electron chi connectivity index (χ2n) is 5.35. The van der Waals surface area contributed by atoms with Gasteiger partial charge in [0, 0.05) is 30.5 Å². The molecule has 128 valence electrons. The number of halogens is 1. The minimum Gasteiger partial charge on any atom is -0.494 e. The van der Waals surface area contributed by atoms with Crippen molar-refractivity contribution in [2.24, 2.45) is 0 Å². The van der Waals surface area contributed by atoms with E-state index in [0.29, 0.717) is 12.3 Å². The van der Waals surface area contributed by atoms with Crippen LogP contribution in [0.3, 0.4) is 0 Å². The molecule has 0 aliphatic rings. The van der Waals surface area contributed by atoms with E-state index in [9.17, 15) is 14.0 Å². The van der Waals surface area contributed by atoms with Crippen LogP contribution < -0.4 is 10.1 Å². The van der Waals surface area contributed by atoms with Crippen molar-refractivity contribution in [3.8, 4) is 5.75 Å². The van der Waals surface area contributed by atoms with Gasteiger partial charge in [-0.05, 0) is 32.0 Å². The van der Waals surface area contributed by atoms with Crippen LogP contribution in [0.2, 0.25) is 0 Å². The van der Waals surface area contributed by atoms with Gasteiger partial charge in [0.25, 0.3) is 0 Å². The molecule has 1 aromatic carbocycles. The third kappa shape index (κ3) is 4.18. The molecule has 0 atom stereocenters. The third-order valence-corrected chi connectivity index (χ3v) is 3.70. The standard InChI is InChI=1S/C17H19FN2O4/c1-10-13(11(2)24-20-10)9-19-17(22)7-5-15(21)12-4-6-16(23-3)14(18)8-12/h4,6,8H,5,7,9H2,1-3H3,(H,19,22). The van der Waals surface area contributed by atoms with Gasteiger partial charge in [0.2, 0.25) is 5.91 Å². The first-order valence-electron chi connectivity index (χ1n) is 7.47. The molecule has 2 aromatic rings. The number of carbonyl (C=O) groups is 2. The average Bonchev–Trinajstić information content (AvgIpc) is 2.88. The van der Waals surface area contributed by atoms with Crippen LogP contribution in [-0.4, -0.2) is 24.0 Å². The number of benzene rings is 1. The number of rotatable bonds is 7. The maximum absolute atomic E-state index is 13.6. The van der Waals surface area contributed by atoms with E-state index in [1.807, 2.05) is 0 Å². The van der Waals surface area contributed by atoms with Gasteiger partial charge in [0.15, 0.2) is 17.3 Å². The zero-order valence-electron chi connectivity index (χ0n) is 13.8. The molecule has 7 heteroatoms. The van der Waals surface area contributed by atoms with Crippen molar-refractivity contribution >= 4 is 11.7 Å². The topological polar surface area (TPSA) is 81.4 Å². The van der Waals surface area contributed by atoms with Crippen LogP contribution in [-0.2, 0) is 11.3 Å². The largest absolute Gasteiger partial charge is 0.494 e. The number of hydrogen-bond acceptors (Lipinski definition) is 5. The van der Waals surface area contributed by atoms with E-state index in [1.165, 1.54) is 19.2 Å². The van der Waals surface area contributed by atoms with Gasteiger partial charge in [-0.2, -0.15) is 0 Å². The first kappa shape index (κ1) is 17.7. The summed E-state index contributed by atoms with van der Waals surface area (Å²) in [5, 5.41) is 6.52. The van der Waals surface area contributed by atoms with Crippen LogP contribution in [0.5, 0.6) is 5.75 Å². The minimum atomic E-state index is -0.605. The van der Waals surface area contributed by atoms with Crippen molar-refractivity contribution in [3.05, 3.63) is 46.6 Å². The molecule has 1 amide bonds. The highest BCUT2D eigenvalue weighted by molar-refractivity contribution is 5.98.